The van der Waals surface area contributed by atoms with Gasteiger partial charge in [-0.15, -0.1) is 13.2 Å². The second-order valence-electron chi connectivity index (χ2n) is 4.42. The van der Waals surface area contributed by atoms with Gasteiger partial charge in [0, 0.05) is 11.1 Å². The van der Waals surface area contributed by atoms with Crippen molar-refractivity contribution < 1.29 is 35.8 Å². The summed E-state index contributed by atoms with van der Waals surface area (Å²) in [6, 6.07) is 7.69. The molecule has 0 atom stereocenters. The van der Waals surface area contributed by atoms with Gasteiger partial charge in [-0.1, -0.05) is 24.3 Å². The molecule has 0 heterocycles. The van der Waals surface area contributed by atoms with Crippen LogP contribution in [0, 0.1) is 0 Å². The molecule has 0 saturated carbocycles. The second-order valence-corrected chi connectivity index (χ2v) is 4.42. The van der Waals surface area contributed by atoms with Gasteiger partial charge in [0.1, 0.15) is 11.5 Å². The molecule has 2 nitrogen and oxygen atoms in total. The van der Waals surface area contributed by atoms with Crippen LogP contribution in [0.3, 0.4) is 0 Å². The molecule has 0 saturated heterocycles. The third-order valence-electron chi connectivity index (χ3n) is 2.93. The Morgan fingerprint density at radius 2 is 1.39 bits per heavy atom. The summed E-state index contributed by atoms with van der Waals surface area (Å²) in [4.78, 5) is 0. The van der Waals surface area contributed by atoms with Crippen LogP contribution in [-0.2, 0) is 6.18 Å². The molecule has 0 aromatic heterocycles. The van der Waals surface area contributed by atoms with Crippen molar-refractivity contribution in [2.75, 3.05) is 7.11 Å². The number of benzene rings is 2. The smallest absolute Gasteiger partial charge is 0.496 e. The first-order valence-corrected chi connectivity index (χ1v) is 6.23. The van der Waals surface area contributed by atoms with Gasteiger partial charge in [0.2, 0.25) is 0 Å². The van der Waals surface area contributed by atoms with Crippen LogP contribution in [0.5, 0.6) is 11.5 Å². The van der Waals surface area contributed by atoms with E-state index >= 15 is 0 Å². The molecule has 0 aliphatic rings. The van der Waals surface area contributed by atoms with E-state index in [1.807, 2.05) is 0 Å². The van der Waals surface area contributed by atoms with Gasteiger partial charge in [-0.2, -0.15) is 13.2 Å². The van der Waals surface area contributed by atoms with E-state index in [1.54, 1.807) is 0 Å². The molecule has 0 aliphatic carbocycles. The number of halogens is 6. The van der Waals surface area contributed by atoms with Gasteiger partial charge in [0.05, 0.1) is 12.7 Å². The molecule has 23 heavy (non-hydrogen) atoms. The Labute approximate surface area is 127 Å². The van der Waals surface area contributed by atoms with Gasteiger partial charge in [-0.05, 0) is 18.2 Å². The number of ether oxygens (including phenoxy) is 2. The quantitative estimate of drug-likeness (QED) is 0.710. The van der Waals surface area contributed by atoms with Crippen LogP contribution in [-0.4, -0.2) is 13.5 Å². The molecule has 0 bridgehead atoms. The van der Waals surface area contributed by atoms with Crippen LogP contribution >= 0.6 is 0 Å². The number of methoxy groups -OCH3 is 1. The van der Waals surface area contributed by atoms with Crippen molar-refractivity contribution in [2.24, 2.45) is 0 Å². The van der Waals surface area contributed by atoms with Crippen molar-refractivity contribution >= 4 is 0 Å². The highest BCUT2D eigenvalue weighted by Crippen LogP contribution is 2.45. The van der Waals surface area contributed by atoms with Crippen LogP contribution in [0.25, 0.3) is 11.1 Å². The minimum absolute atomic E-state index is 0.210. The maximum absolute atomic E-state index is 13.2. The first-order chi connectivity index (χ1) is 10.6. The lowest BCUT2D eigenvalue weighted by Gasteiger charge is -2.19. The number of alkyl halides is 6. The van der Waals surface area contributed by atoms with Gasteiger partial charge in [0.25, 0.3) is 0 Å². The summed E-state index contributed by atoms with van der Waals surface area (Å²) < 4.78 is 85.8. The lowest BCUT2D eigenvalue weighted by molar-refractivity contribution is -0.274. The maximum Gasteiger partial charge on any atom is 0.573 e. The third kappa shape index (κ3) is 3.88. The van der Waals surface area contributed by atoms with Crippen molar-refractivity contribution in [1.29, 1.82) is 0 Å². The molecule has 0 amide bonds. The molecule has 8 heteroatoms. The highest BCUT2D eigenvalue weighted by molar-refractivity contribution is 5.79. The summed E-state index contributed by atoms with van der Waals surface area (Å²) in [6.45, 7) is 0. The second kappa shape index (κ2) is 6.02. The largest absolute Gasteiger partial charge is 0.573 e. The molecule has 0 unspecified atom stereocenters. The minimum atomic E-state index is -5.03. The molecule has 0 spiro atoms. The van der Waals surface area contributed by atoms with Crippen molar-refractivity contribution in [2.45, 2.75) is 12.5 Å². The molecule has 0 aliphatic heterocycles. The molecule has 0 fully saturated rings. The summed E-state index contributed by atoms with van der Waals surface area (Å²) in [5.41, 5.74) is -1.99. The standard InChI is InChI=1S/C15H10F6O2/c1-22-12-8-4-6-10(14(16,17)18)13(12)9-5-2-3-7-11(9)23-15(19,20)21/h2-8H,1H3. The summed E-state index contributed by atoms with van der Waals surface area (Å²) in [6.07, 6.45) is -9.80. The van der Waals surface area contributed by atoms with Crippen LogP contribution < -0.4 is 9.47 Å². The minimum Gasteiger partial charge on any atom is -0.496 e. The van der Waals surface area contributed by atoms with Crippen molar-refractivity contribution in [3.63, 3.8) is 0 Å². The van der Waals surface area contributed by atoms with E-state index in [-0.39, 0.29) is 11.3 Å². The fourth-order valence-corrected chi connectivity index (χ4v) is 2.10. The molecule has 2 aromatic carbocycles. The zero-order chi connectivity index (χ0) is 17.3. The Morgan fingerprint density at radius 1 is 0.783 bits per heavy atom. The van der Waals surface area contributed by atoms with E-state index < -0.39 is 29.4 Å². The molecule has 2 aromatic rings. The lowest BCUT2D eigenvalue weighted by Crippen LogP contribution is -2.18. The molecule has 0 radical (unpaired) electrons. The summed E-state index contributed by atoms with van der Waals surface area (Å²) in [7, 11) is 1.13. The van der Waals surface area contributed by atoms with Crippen LogP contribution in [0.1, 0.15) is 5.56 Å². The van der Waals surface area contributed by atoms with Crippen LogP contribution in [0.4, 0.5) is 26.3 Å². The van der Waals surface area contributed by atoms with Gasteiger partial charge < -0.3 is 9.47 Å². The van der Waals surface area contributed by atoms with Gasteiger partial charge in [-0.3, -0.25) is 0 Å². The number of hydrogen-bond acceptors (Lipinski definition) is 2. The highest BCUT2D eigenvalue weighted by atomic mass is 19.4. The zero-order valence-corrected chi connectivity index (χ0v) is 11.6. The summed E-state index contributed by atoms with van der Waals surface area (Å²) in [5.74, 6) is -0.951. The molecular weight excluding hydrogens is 326 g/mol. The number of rotatable bonds is 3. The molecule has 2 rings (SSSR count). The number of hydrogen-bond donors (Lipinski definition) is 0. The van der Waals surface area contributed by atoms with E-state index in [4.69, 9.17) is 4.74 Å². The average molecular weight is 336 g/mol. The molecule has 0 N–H and O–H groups in total. The Kier molecular flexibility index (Phi) is 4.44. The van der Waals surface area contributed by atoms with Crippen molar-refractivity contribution in [3.05, 3.63) is 48.0 Å². The van der Waals surface area contributed by atoms with E-state index in [0.29, 0.717) is 0 Å². The van der Waals surface area contributed by atoms with Gasteiger partial charge in [-0.25, -0.2) is 0 Å². The molecule has 124 valence electrons. The average Bonchev–Trinajstić information content (AvgIpc) is 2.44. The summed E-state index contributed by atoms with van der Waals surface area (Å²) >= 11 is 0. The fourth-order valence-electron chi connectivity index (χ4n) is 2.10. The fraction of sp³-hybridized carbons (Fsp3) is 0.200. The Bertz CT molecular complexity index is 691. The van der Waals surface area contributed by atoms with Crippen molar-refractivity contribution in [1.82, 2.24) is 0 Å². The first kappa shape index (κ1) is 17.0. The predicted octanol–water partition coefficient (Wildman–Crippen LogP) is 5.28. The Hall–Kier alpha value is -2.38. The normalized spacial score (nSPS) is 12.1. The summed E-state index contributed by atoms with van der Waals surface area (Å²) in [5, 5.41) is 0. The highest BCUT2D eigenvalue weighted by Gasteiger charge is 2.37. The maximum atomic E-state index is 13.2. The topological polar surface area (TPSA) is 18.5 Å². The first-order valence-electron chi connectivity index (χ1n) is 6.23. The van der Waals surface area contributed by atoms with Crippen LogP contribution in [0.2, 0.25) is 0 Å². The molecular formula is C15H10F6O2. The monoisotopic (exact) mass is 336 g/mol. The van der Waals surface area contributed by atoms with Gasteiger partial charge in [0.15, 0.2) is 0 Å². The van der Waals surface area contributed by atoms with E-state index in [0.717, 1.165) is 31.4 Å². The van der Waals surface area contributed by atoms with Crippen LogP contribution in [0.15, 0.2) is 42.5 Å². The Balaban J connectivity index is 2.72. The SMILES string of the molecule is COc1cccc(C(F)(F)F)c1-c1ccccc1OC(F)(F)F. The van der Waals surface area contributed by atoms with E-state index in [1.165, 1.54) is 18.2 Å². The van der Waals surface area contributed by atoms with E-state index in [2.05, 4.69) is 4.74 Å². The number of para-hydroxylation sites is 1. The third-order valence-corrected chi connectivity index (χ3v) is 2.93. The predicted molar refractivity (Wildman–Crippen MR) is 70.1 cm³/mol. The van der Waals surface area contributed by atoms with E-state index in [9.17, 15) is 26.3 Å². The zero-order valence-electron chi connectivity index (χ0n) is 11.6. The lowest BCUT2D eigenvalue weighted by atomic mass is 9.97. The Morgan fingerprint density at radius 3 is 1.96 bits per heavy atom. The van der Waals surface area contributed by atoms with Crippen molar-refractivity contribution in [3.8, 4) is 22.6 Å². The van der Waals surface area contributed by atoms with Gasteiger partial charge >= 0.3 is 12.5 Å².